The summed E-state index contributed by atoms with van der Waals surface area (Å²) in [5.41, 5.74) is 0. The van der Waals surface area contributed by atoms with Crippen molar-refractivity contribution >= 4 is 5.91 Å². The summed E-state index contributed by atoms with van der Waals surface area (Å²) in [6.45, 7) is 5.33. The van der Waals surface area contributed by atoms with Crippen molar-refractivity contribution in [3.05, 3.63) is 0 Å². The second kappa shape index (κ2) is 6.97. The van der Waals surface area contributed by atoms with Crippen LogP contribution < -0.4 is 5.32 Å². The van der Waals surface area contributed by atoms with Crippen LogP contribution in [0.25, 0.3) is 0 Å². The van der Waals surface area contributed by atoms with Crippen LogP contribution in [0.2, 0.25) is 0 Å². The number of nitrogens with one attached hydrogen (secondary N) is 1. The second-order valence-electron chi connectivity index (χ2n) is 5.44. The number of amides is 1. The Hall–Kier alpha value is -0.610. The van der Waals surface area contributed by atoms with E-state index in [9.17, 15) is 4.79 Å². The number of hydrogen-bond acceptors (Lipinski definition) is 3. The highest BCUT2D eigenvalue weighted by atomic mass is 16.2. The number of carbonyl (C=O) groups is 1. The van der Waals surface area contributed by atoms with Crippen LogP contribution in [0.1, 0.15) is 26.2 Å². The highest BCUT2D eigenvalue weighted by Gasteiger charge is 2.18. The van der Waals surface area contributed by atoms with Crippen molar-refractivity contribution in [2.45, 2.75) is 32.2 Å². The third-order valence-electron chi connectivity index (χ3n) is 3.65. The summed E-state index contributed by atoms with van der Waals surface area (Å²) in [5.74, 6) is 0.994. The second-order valence-corrected chi connectivity index (χ2v) is 5.44. The van der Waals surface area contributed by atoms with Gasteiger partial charge in [-0.25, -0.2) is 0 Å². The standard InChI is InChI=1S/C13H27N3O/c1-11(13(17)15(2)3)14-8-5-12-6-9-16(4)10-7-12/h11-12,14H,5-10H2,1-4H3. The summed E-state index contributed by atoms with van der Waals surface area (Å²) in [6, 6.07) is -0.0590. The van der Waals surface area contributed by atoms with Crippen LogP contribution in [0, 0.1) is 5.92 Å². The molecule has 1 saturated heterocycles. The summed E-state index contributed by atoms with van der Waals surface area (Å²) in [6.07, 6.45) is 3.79. The highest BCUT2D eigenvalue weighted by Crippen LogP contribution is 2.18. The molecule has 1 atom stereocenters. The largest absolute Gasteiger partial charge is 0.347 e. The molecule has 1 unspecified atom stereocenters. The summed E-state index contributed by atoms with van der Waals surface area (Å²) in [7, 11) is 5.79. The van der Waals surface area contributed by atoms with E-state index in [4.69, 9.17) is 0 Å². The molecule has 0 bridgehead atoms. The molecule has 1 rings (SSSR count). The van der Waals surface area contributed by atoms with Gasteiger partial charge in [0, 0.05) is 14.1 Å². The Balaban J connectivity index is 2.13. The van der Waals surface area contributed by atoms with Crippen molar-refractivity contribution in [3.8, 4) is 0 Å². The van der Waals surface area contributed by atoms with Crippen molar-refractivity contribution < 1.29 is 4.79 Å². The summed E-state index contributed by atoms with van der Waals surface area (Å²) < 4.78 is 0. The van der Waals surface area contributed by atoms with Gasteiger partial charge in [-0.05, 0) is 58.8 Å². The molecule has 0 aromatic rings. The predicted molar refractivity (Wildman–Crippen MR) is 71.0 cm³/mol. The molecule has 0 saturated carbocycles. The van der Waals surface area contributed by atoms with Gasteiger partial charge in [0.25, 0.3) is 0 Å². The molecule has 1 amide bonds. The molecule has 0 radical (unpaired) electrons. The lowest BCUT2D eigenvalue weighted by Crippen LogP contribution is -2.42. The van der Waals surface area contributed by atoms with E-state index in [1.165, 1.54) is 32.4 Å². The Morgan fingerprint density at radius 3 is 2.53 bits per heavy atom. The van der Waals surface area contributed by atoms with Gasteiger partial charge in [0.15, 0.2) is 0 Å². The number of carbonyl (C=O) groups excluding carboxylic acids is 1. The van der Waals surface area contributed by atoms with E-state index >= 15 is 0 Å². The number of likely N-dealkylation sites (tertiary alicyclic amines) is 1. The van der Waals surface area contributed by atoms with Crippen molar-refractivity contribution in [2.24, 2.45) is 5.92 Å². The van der Waals surface area contributed by atoms with Crippen LogP contribution in [0.4, 0.5) is 0 Å². The normalized spacial score (nSPS) is 20.2. The lowest BCUT2D eigenvalue weighted by molar-refractivity contribution is -0.130. The third-order valence-corrected chi connectivity index (χ3v) is 3.65. The molecule has 4 nitrogen and oxygen atoms in total. The number of hydrogen-bond donors (Lipinski definition) is 1. The Morgan fingerprint density at radius 2 is 2.00 bits per heavy atom. The first-order valence-corrected chi connectivity index (χ1v) is 6.63. The van der Waals surface area contributed by atoms with E-state index in [-0.39, 0.29) is 11.9 Å². The molecule has 0 aromatic heterocycles. The van der Waals surface area contributed by atoms with E-state index < -0.39 is 0 Å². The Kier molecular flexibility index (Phi) is 5.92. The zero-order chi connectivity index (χ0) is 12.8. The van der Waals surface area contributed by atoms with E-state index in [1.54, 1.807) is 19.0 Å². The van der Waals surface area contributed by atoms with Gasteiger partial charge in [-0.1, -0.05) is 0 Å². The Bertz CT molecular complexity index is 235. The van der Waals surface area contributed by atoms with Gasteiger partial charge in [-0.15, -0.1) is 0 Å². The molecule has 1 aliphatic heterocycles. The van der Waals surface area contributed by atoms with Gasteiger partial charge < -0.3 is 15.1 Å². The Labute approximate surface area is 105 Å². The maximum atomic E-state index is 11.6. The quantitative estimate of drug-likeness (QED) is 0.773. The van der Waals surface area contributed by atoms with Gasteiger partial charge in [0.1, 0.15) is 0 Å². The minimum absolute atomic E-state index is 0.0590. The maximum absolute atomic E-state index is 11.6. The fourth-order valence-corrected chi connectivity index (χ4v) is 2.33. The van der Waals surface area contributed by atoms with Crippen molar-refractivity contribution in [3.63, 3.8) is 0 Å². The molecule has 1 aliphatic rings. The summed E-state index contributed by atoms with van der Waals surface area (Å²) in [5, 5.41) is 3.32. The molecular formula is C13H27N3O. The van der Waals surface area contributed by atoms with Gasteiger partial charge in [0.05, 0.1) is 6.04 Å². The predicted octanol–water partition coefficient (Wildman–Crippen LogP) is 0.785. The lowest BCUT2D eigenvalue weighted by Gasteiger charge is -2.29. The van der Waals surface area contributed by atoms with Crippen LogP contribution in [-0.2, 0) is 4.79 Å². The van der Waals surface area contributed by atoms with Crippen molar-refractivity contribution in [1.29, 1.82) is 0 Å². The molecule has 1 N–H and O–H groups in total. The van der Waals surface area contributed by atoms with Gasteiger partial charge in [0.2, 0.25) is 5.91 Å². The monoisotopic (exact) mass is 241 g/mol. The summed E-state index contributed by atoms with van der Waals surface area (Å²) >= 11 is 0. The van der Waals surface area contributed by atoms with Gasteiger partial charge >= 0.3 is 0 Å². The number of piperidine rings is 1. The maximum Gasteiger partial charge on any atom is 0.238 e. The van der Waals surface area contributed by atoms with Crippen molar-refractivity contribution in [1.82, 2.24) is 15.1 Å². The molecule has 100 valence electrons. The molecule has 0 spiro atoms. The van der Waals surface area contributed by atoms with E-state index in [1.807, 2.05) is 6.92 Å². The van der Waals surface area contributed by atoms with E-state index in [2.05, 4.69) is 17.3 Å². The molecule has 0 aromatic carbocycles. The zero-order valence-corrected chi connectivity index (χ0v) is 11.7. The molecular weight excluding hydrogens is 214 g/mol. The fourth-order valence-electron chi connectivity index (χ4n) is 2.33. The van der Waals surface area contributed by atoms with Crippen LogP contribution >= 0.6 is 0 Å². The average molecular weight is 241 g/mol. The van der Waals surface area contributed by atoms with E-state index in [0.29, 0.717) is 0 Å². The minimum Gasteiger partial charge on any atom is -0.347 e. The first-order chi connectivity index (χ1) is 8.00. The highest BCUT2D eigenvalue weighted by molar-refractivity contribution is 5.80. The topological polar surface area (TPSA) is 35.6 Å². The smallest absolute Gasteiger partial charge is 0.238 e. The molecule has 17 heavy (non-hydrogen) atoms. The van der Waals surface area contributed by atoms with Crippen LogP contribution in [0.3, 0.4) is 0 Å². The molecule has 4 heteroatoms. The van der Waals surface area contributed by atoms with Gasteiger partial charge in [-0.2, -0.15) is 0 Å². The van der Waals surface area contributed by atoms with Crippen LogP contribution in [0.15, 0.2) is 0 Å². The fraction of sp³-hybridized carbons (Fsp3) is 0.923. The van der Waals surface area contributed by atoms with Gasteiger partial charge in [-0.3, -0.25) is 4.79 Å². The number of nitrogens with zero attached hydrogens (tertiary/aromatic N) is 2. The molecule has 0 aliphatic carbocycles. The minimum atomic E-state index is -0.0590. The zero-order valence-electron chi connectivity index (χ0n) is 11.7. The number of rotatable bonds is 5. The Morgan fingerprint density at radius 1 is 1.41 bits per heavy atom. The SMILES string of the molecule is CC(NCCC1CCN(C)CC1)C(=O)N(C)C. The molecule has 1 fully saturated rings. The van der Waals surface area contributed by atoms with Crippen LogP contribution in [0.5, 0.6) is 0 Å². The summed E-state index contributed by atoms with van der Waals surface area (Å²) in [4.78, 5) is 15.7. The lowest BCUT2D eigenvalue weighted by atomic mass is 9.94. The average Bonchev–Trinajstić information content (AvgIpc) is 2.30. The van der Waals surface area contributed by atoms with Crippen molar-refractivity contribution in [2.75, 3.05) is 40.8 Å². The first kappa shape index (κ1) is 14.5. The van der Waals surface area contributed by atoms with E-state index in [0.717, 1.165) is 12.5 Å². The third kappa shape index (κ3) is 5.04. The molecule has 1 heterocycles. The van der Waals surface area contributed by atoms with Crippen LogP contribution in [-0.4, -0.2) is 62.5 Å². The first-order valence-electron chi connectivity index (χ1n) is 6.63. The number of likely N-dealkylation sites (N-methyl/N-ethyl adjacent to an activating group) is 1.